The lowest BCUT2D eigenvalue weighted by Gasteiger charge is -1.96. The standard InChI is InChI=1S/C8H5ClFN/c9-8-4-1-5-6(10)2-3-7(5)11-8/h1-2,4H,3H2. The number of pyridine rings is 1. The van der Waals surface area contributed by atoms with Crippen LogP contribution in [0.2, 0.25) is 5.15 Å². The third kappa shape index (κ3) is 1.03. The van der Waals surface area contributed by atoms with Crippen molar-refractivity contribution in [1.82, 2.24) is 4.98 Å². The second-order valence-corrected chi connectivity index (χ2v) is 2.77. The van der Waals surface area contributed by atoms with Crippen LogP contribution in [-0.4, -0.2) is 4.98 Å². The van der Waals surface area contributed by atoms with E-state index in [-0.39, 0.29) is 5.83 Å². The molecule has 1 aromatic rings. The van der Waals surface area contributed by atoms with Crippen LogP contribution in [-0.2, 0) is 6.42 Å². The van der Waals surface area contributed by atoms with Gasteiger partial charge in [0.2, 0.25) is 0 Å². The van der Waals surface area contributed by atoms with Crippen LogP contribution >= 0.6 is 11.6 Å². The molecule has 56 valence electrons. The van der Waals surface area contributed by atoms with E-state index in [1.54, 1.807) is 12.1 Å². The first kappa shape index (κ1) is 6.80. The molecule has 0 amide bonds. The van der Waals surface area contributed by atoms with Gasteiger partial charge in [-0.05, 0) is 18.2 Å². The maximum absolute atomic E-state index is 12.8. The van der Waals surface area contributed by atoms with Gasteiger partial charge in [0.05, 0.1) is 5.69 Å². The van der Waals surface area contributed by atoms with Gasteiger partial charge in [0, 0.05) is 12.0 Å². The Morgan fingerprint density at radius 2 is 2.27 bits per heavy atom. The summed E-state index contributed by atoms with van der Waals surface area (Å²) in [6.45, 7) is 0. The molecule has 0 spiro atoms. The molecule has 0 saturated heterocycles. The van der Waals surface area contributed by atoms with E-state index < -0.39 is 0 Å². The molecule has 0 N–H and O–H groups in total. The van der Waals surface area contributed by atoms with Gasteiger partial charge in [-0.3, -0.25) is 0 Å². The molecule has 0 radical (unpaired) electrons. The fourth-order valence-electron chi connectivity index (χ4n) is 1.14. The molecular formula is C8H5ClFN. The van der Waals surface area contributed by atoms with Gasteiger partial charge in [-0.1, -0.05) is 11.6 Å². The van der Waals surface area contributed by atoms with Crippen molar-refractivity contribution in [1.29, 1.82) is 0 Å². The molecule has 0 saturated carbocycles. The Kier molecular flexibility index (Phi) is 1.43. The number of nitrogens with zero attached hydrogens (tertiary/aromatic N) is 1. The average molecular weight is 170 g/mol. The summed E-state index contributed by atoms with van der Waals surface area (Å²) in [5, 5.41) is 0.423. The summed E-state index contributed by atoms with van der Waals surface area (Å²) in [6.07, 6.45) is 2.07. The number of allylic oxidation sites excluding steroid dienone is 1. The molecule has 1 heterocycles. The lowest BCUT2D eigenvalue weighted by Crippen LogP contribution is -1.87. The third-order valence-electron chi connectivity index (χ3n) is 1.67. The van der Waals surface area contributed by atoms with Gasteiger partial charge in [0.25, 0.3) is 0 Å². The molecule has 0 aromatic carbocycles. The van der Waals surface area contributed by atoms with Crippen LogP contribution in [0.4, 0.5) is 4.39 Å². The average Bonchev–Trinajstić information content (AvgIpc) is 2.32. The SMILES string of the molecule is FC1=CCc2nc(Cl)ccc21. The van der Waals surface area contributed by atoms with Gasteiger partial charge in [-0.25, -0.2) is 9.37 Å². The fraction of sp³-hybridized carbons (Fsp3) is 0.125. The van der Waals surface area contributed by atoms with E-state index in [0.29, 0.717) is 17.1 Å². The summed E-state index contributed by atoms with van der Waals surface area (Å²) in [5.41, 5.74) is 1.31. The van der Waals surface area contributed by atoms with Crippen molar-refractivity contribution in [3.63, 3.8) is 0 Å². The number of hydrogen-bond donors (Lipinski definition) is 0. The summed E-state index contributed by atoms with van der Waals surface area (Å²) in [4.78, 5) is 3.98. The Labute approximate surface area is 68.5 Å². The van der Waals surface area contributed by atoms with Crippen LogP contribution in [0.15, 0.2) is 18.2 Å². The van der Waals surface area contributed by atoms with E-state index in [4.69, 9.17) is 11.6 Å². The van der Waals surface area contributed by atoms with Crippen molar-refractivity contribution in [2.24, 2.45) is 0 Å². The summed E-state index contributed by atoms with van der Waals surface area (Å²) in [5.74, 6) is -0.191. The van der Waals surface area contributed by atoms with Crippen LogP contribution < -0.4 is 0 Å². The number of fused-ring (bicyclic) bond motifs is 1. The zero-order chi connectivity index (χ0) is 7.84. The van der Waals surface area contributed by atoms with Crippen LogP contribution in [0.5, 0.6) is 0 Å². The molecule has 1 aliphatic carbocycles. The van der Waals surface area contributed by atoms with Gasteiger partial charge in [-0.2, -0.15) is 0 Å². The van der Waals surface area contributed by atoms with Crippen LogP contribution in [0, 0.1) is 0 Å². The lowest BCUT2D eigenvalue weighted by atomic mass is 10.2. The molecule has 1 nitrogen and oxygen atoms in total. The van der Waals surface area contributed by atoms with E-state index in [1.807, 2.05) is 0 Å². The minimum Gasteiger partial charge on any atom is -0.240 e. The topological polar surface area (TPSA) is 12.9 Å². The van der Waals surface area contributed by atoms with Gasteiger partial charge >= 0.3 is 0 Å². The predicted molar refractivity (Wildman–Crippen MR) is 42.0 cm³/mol. The van der Waals surface area contributed by atoms with E-state index in [0.717, 1.165) is 5.69 Å². The Morgan fingerprint density at radius 3 is 3.09 bits per heavy atom. The molecule has 3 heteroatoms. The lowest BCUT2D eigenvalue weighted by molar-refractivity contribution is 0.762. The van der Waals surface area contributed by atoms with Gasteiger partial charge in [-0.15, -0.1) is 0 Å². The van der Waals surface area contributed by atoms with Crippen molar-refractivity contribution in [2.75, 3.05) is 0 Å². The summed E-state index contributed by atoms with van der Waals surface area (Å²) in [7, 11) is 0. The quantitative estimate of drug-likeness (QED) is 0.544. The maximum atomic E-state index is 12.8. The summed E-state index contributed by atoms with van der Waals surface area (Å²) >= 11 is 5.61. The number of halogens is 2. The number of rotatable bonds is 0. The van der Waals surface area contributed by atoms with Crippen molar-refractivity contribution >= 4 is 17.4 Å². The van der Waals surface area contributed by atoms with Crippen LogP contribution in [0.25, 0.3) is 5.83 Å². The summed E-state index contributed by atoms with van der Waals surface area (Å²) in [6, 6.07) is 3.25. The zero-order valence-electron chi connectivity index (χ0n) is 5.64. The van der Waals surface area contributed by atoms with Crippen molar-refractivity contribution in [3.05, 3.63) is 34.6 Å². The molecule has 0 fully saturated rings. The fourth-order valence-corrected chi connectivity index (χ4v) is 1.31. The molecule has 0 atom stereocenters. The highest BCUT2D eigenvalue weighted by molar-refractivity contribution is 6.29. The first-order valence-electron chi connectivity index (χ1n) is 3.29. The molecule has 0 bridgehead atoms. The van der Waals surface area contributed by atoms with E-state index in [1.165, 1.54) is 6.08 Å². The highest BCUT2D eigenvalue weighted by Crippen LogP contribution is 2.27. The van der Waals surface area contributed by atoms with Crippen molar-refractivity contribution < 1.29 is 4.39 Å². The minimum atomic E-state index is -0.191. The van der Waals surface area contributed by atoms with E-state index >= 15 is 0 Å². The first-order chi connectivity index (χ1) is 5.27. The molecule has 1 aromatic heterocycles. The van der Waals surface area contributed by atoms with E-state index in [2.05, 4.69) is 4.98 Å². The number of aromatic nitrogens is 1. The number of hydrogen-bond acceptors (Lipinski definition) is 1. The smallest absolute Gasteiger partial charge is 0.129 e. The van der Waals surface area contributed by atoms with Crippen LogP contribution in [0.3, 0.4) is 0 Å². The normalized spacial score (nSPS) is 14.5. The Hall–Kier alpha value is -0.890. The Bertz CT molecular complexity index is 333. The molecule has 1 aliphatic rings. The minimum absolute atomic E-state index is 0.191. The molecule has 0 unspecified atom stereocenters. The van der Waals surface area contributed by atoms with Crippen LogP contribution in [0.1, 0.15) is 11.3 Å². The zero-order valence-corrected chi connectivity index (χ0v) is 6.40. The first-order valence-corrected chi connectivity index (χ1v) is 3.66. The predicted octanol–water partition coefficient (Wildman–Crippen LogP) is 2.60. The van der Waals surface area contributed by atoms with Gasteiger partial charge in [0.15, 0.2) is 0 Å². The highest BCUT2D eigenvalue weighted by Gasteiger charge is 2.14. The monoisotopic (exact) mass is 169 g/mol. The molecule has 0 aliphatic heterocycles. The maximum Gasteiger partial charge on any atom is 0.129 e. The summed E-state index contributed by atoms with van der Waals surface area (Å²) < 4.78 is 12.8. The molecule has 2 rings (SSSR count). The molecule has 11 heavy (non-hydrogen) atoms. The largest absolute Gasteiger partial charge is 0.240 e. The molecular weight excluding hydrogens is 165 g/mol. The third-order valence-corrected chi connectivity index (χ3v) is 1.88. The Balaban J connectivity index is 2.58. The second kappa shape index (κ2) is 2.31. The van der Waals surface area contributed by atoms with Gasteiger partial charge in [0.1, 0.15) is 11.0 Å². The second-order valence-electron chi connectivity index (χ2n) is 2.38. The van der Waals surface area contributed by atoms with E-state index in [9.17, 15) is 4.39 Å². The van der Waals surface area contributed by atoms with Crippen molar-refractivity contribution in [3.8, 4) is 0 Å². The van der Waals surface area contributed by atoms with Gasteiger partial charge < -0.3 is 0 Å². The Morgan fingerprint density at radius 1 is 1.45 bits per heavy atom. The highest BCUT2D eigenvalue weighted by atomic mass is 35.5. The van der Waals surface area contributed by atoms with Crippen molar-refractivity contribution in [2.45, 2.75) is 6.42 Å².